The fourth-order valence-corrected chi connectivity index (χ4v) is 3.66. The van der Waals surface area contributed by atoms with E-state index in [0.717, 1.165) is 18.2 Å². The standard InChI is InChI=1S/C16H21N3S/c1-3-17-16-18-10-14(20-16)11-19-12(2)8-9-13-6-4-5-7-15(13)19/h4-7,10,12H,3,8-9,11H2,1-2H3,(H,17,18). The number of para-hydroxylation sites is 1. The summed E-state index contributed by atoms with van der Waals surface area (Å²) >= 11 is 1.76. The Labute approximate surface area is 124 Å². The highest BCUT2D eigenvalue weighted by atomic mass is 32.1. The molecule has 4 heteroatoms. The number of hydrogen-bond acceptors (Lipinski definition) is 4. The Balaban J connectivity index is 1.82. The lowest BCUT2D eigenvalue weighted by atomic mass is 9.97. The van der Waals surface area contributed by atoms with Crippen LogP contribution in [0.2, 0.25) is 0 Å². The van der Waals surface area contributed by atoms with Crippen molar-refractivity contribution in [3.8, 4) is 0 Å². The van der Waals surface area contributed by atoms with Gasteiger partial charge in [0.05, 0.1) is 6.54 Å². The molecule has 3 nitrogen and oxygen atoms in total. The normalized spacial score (nSPS) is 17.9. The number of hydrogen-bond donors (Lipinski definition) is 1. The van der Waals surface area contributed by atoms with Gasteiger partial charge < -0.3 is 10.2 Å². The van der Waals surface area contributed by atoms with E-state index in [1.54, 1.807) is 11.3 Å². The number of benzene rings is 1. The van der Waals surface area contributed by atoms with Crippen molar-refractivity contribution in [3.05, 3.63) is 40.9 Å². The predicted molar refractivity (Wildman–Crippen MR) is 86.7 cm³/mol. The molecule has 0 spiro atoms. The number of fused-ring (bicyclic) bond motifs is 1. The molecule has 0 saturated heterocycles. The summed E-state index contributed by atoms with van der Waals surface area (Å²) in [5.41, 5.74) is 2.87. The molecule has 1 aromatic carbocycles. The zero-order valence-corrected chi connectivity index (χ0v) is 12.9. The van der Waals surface area contributed by atoms with Crippen LogP contribution >= 0.6 is 11.3 Å². The van der Waals surface area contributed by atoms with Crippen LogP contribution in [-0.2, 0) is 13.0 Å². The summed E-state index contributed by atoms with van der Waals surface area (Å²) in [5, 5.41) is 4.31. The summed E-state index contributed by atoms with van der Waals surface area (Å²) in [6.07, 6.45) is 4.43. The topological polar surface area (TPSA) is 28.2 Å². The van der Waals surface area contributed by atoms with Gasteiger partial charge in [0, 0.05) is 29.3 Å². The third-order valence-corrected chi connectivity index (χ3v) is 4.81. The molecule has 20 heavy (non-hydrogen) atoms. The molecule has 1 atom stereocenters. The van der Waals surface area contributed by atoms with Crippen LogP contribution in [0.15, 0.2) is 30.5 Å². The Morgan fingerprint density at radius 1 is 1.40 bits per heavy atom. The van der Waals surface area contributed by atoms with Crippen molar-refractivity contribution in [3.63, 3.8) is 0 Å². The lowest BCUT2D eigenvalue weighted by molar-refractivity contribution is 0.562. The number of aromatic nitrogens is 1. The molecule has 1 unspecified atom stereocenters. The Morgan fingerprint density at radius 3 is 3.10 bits per heavy atom. The quantitative estimate of drug-likeness (QED) is 0.924. The highest BCUT2D eigenvalue weighted by molar-refractivity contribution is 7.15. The van der Waals surface area contributed by atoms with Crippen molar-refractivity contribution >= 4 is 22.2 Å². The van der Waals surface area contributed by atoms with Gasteiger partial charge in [0.15, 0.2) is 5.13 Å². The number of aryl methyl sites for hydroxylation is 1. The van der Waals surface area contributed by atoms with Gasteiger partial charge in [-0.05, 0) is 38.3 Å². The van der Waals surface area contributed by atoms with Crippen LogP contribution in [0.4, 0.5) is 10.8 Å². The molecule has 2 heterocycles. The third-order valence-electron chi connectivity index (χ3n) is 3.87. The lowest BCUT2D eigenvalue weighted by Gasteiger charge is -2.36. The molecule has 1 aliphatic heterocycles. The van der Waals surface area contributed by atoms with Crippen molar-refractivity contribution in [2.75, 3.05) is 16.8 Å². The van der Waals surface area contributed by atoms with Gasteiger partial charge in [0.25, 0.3) is 0 Å². The van der Waals surface area contributed by atoms with E-state index in [-0.39, 0.29) is 0 Å². The van der Waals surface area contributed by atoms with Crippen LogP contribution in [-0.4, -0.2) is 17.6 Å². The SMILES string of the molecule is CCNc1ncc(CN2c3ccccc3CCC2C)s1. The molecular formula is C16H21N3S. The smallest absolute Gasteiger partial charge is 0.182 e. The van der Waals surface area contributed by atoms with Crippen LogP contribution in [0.25, 0.3) is 0 Å². The first-order valence-corrected chi connectivity index (χ1v) is 8.12. The minimum Gasteiger partial charge on any atom is -0.363 e. The summed E-state index contributed by atoms with van der Waals surface area (Å²) in [4.78, 5) is 8.27. The molecule has 2 aromatic rings. The Kier molecular flexibility index (Phi) is 3.92. The van der Waals surface area contributed by atoms with Gasteiger partial charge in [-0.15, -0.1) is 11.3 Å². The van der Waals surface area contributed by atoms with Gasteiger partial charge in [-0.2, -0.15) is 0 Å². The Bertz CT molecular complexity index is 579. The van der Waals surface area contributed by atoms with E-state index in [9.17, 15) is 0 Å². The number of rotatable bonds is 4. The molecule has 1 aromatic heterocycles. The van der Waals surface area contributed by atoms with Crippen molar-refractivity contribution in [2.45, 2.75) is 39.3 Å². The van der Waals surface area contributed by atoms with E-state index in [1.807, 2.05) is 6.20 Å². The molecule has 1 aliphatic rings. The molecule has 0 radical (unpaired) electrons. The van der Waals surface area contributed by atoms with E-state index in [4.69, 9.17) is 0 Å². The fraction of sp³-hybridized carbons (Fsp3) is 0.438. The highest BCUT2D eigenvalue weighted by Gasteiger charge is 2.23. The molecule has 3 rings (SSSR count). The first-order chi connectivity index (χ1) is 9.78. The average molecular weight is 287 g/mol. The van der Waals surface area contributed by atoms with Gasteiger partial charge in [-0.1, -0.05) is 18.2 Å². The fourth-order valence-electron chi connectivity index (χ4n) is 2.78. The van der Waals surface area contributed by atoms with Crippen LogP contribution in [0, 0.1) is 0 Å². The Hall–Kier alpha value is -1.55. The molecule has 0 aliphatic carbocycles. The van der Waals surface area contributed by atoms with Gasteiger partial charge in [-0.3, -0.25) is 0 Å². The maximum absolute atomic E-state index is 4.43. The van der Waals surface area contributed by atoms with Crippen molar-refractivity contribution in [1.82, 2.24) is 4.98 Å². The van der Waals surface area contributed by atoms with E-state index in [2.05, 4.69) is 53.3 Å². The second-order valence-electron chi connectivity index (χ2n) is 5.31. The predicted octanol–water partition coefficient (Wildman–Crippen LogP) is 3.92. The maximum atomic E-state index is 4.43. The molecule has 0 fully saturated rings. The summed E-state index contributed by atoms with van der Waals surface area (Å²) in [7, 11) is 0. The van der Waals surface area contributed by atoms with Gasteiger partial charge >= 0.3 is 0 Å². The third kappa shape index (κ3) is 2.66. The zero-order valence-electron chi connectivity index (χ0n) is 12.1. The zero-order chi connectivity index (χ0) is 13.9. The molecule has 0 bridgehead atoms. The summed E-state index contributed by atoms with van der Waals surface area (Å²) in [6.45, 7) is 6.31. The second kappa shape index (κ2) is 5.83. The van der Waals surface area contributed by atoms with Crippen molar-refractivity contribution < 1.29 is 0 Å². The van der Waals surface area contributed by atoms with Crippen molar-refractivity contribution in [2.24, 2.45) is 0 Å². The van der Waals surface area contributed by atoms with Crippen LogP contribution < -0.4 is 10.2 Å². The average Bonchev–Trinajstić information content (AvgIpc) is 2.90. The monoisotopic (exact) mass is 287 g/mol. The molecule has 0 amide bonds. The first-order valence-electron chi connectivity index (χ1n) is 7.31. The molecule has 0 saturated carbocycles. The Morgan fingerprint density at radius 2 is 2.25 bits per heavy atom. The largest absolute Gasteiger partial charge is 0.363 e. The number of anilines is 2. The van der Waals surface area contributed by atoms with Gasteiger partial charge in [-0.25, -0.2) is 4.98 Å². The summed E-state index contributed by atoms with van der Waals surface area (Å²) < 4.78 is 0. The van der Waals surface area contributed by atoms with Gasteiger partial charge in [0.2, 0.25) is 0 Å². The minimum absolute atomic E-state index is 0.592. The number of nitrogens with one attached hydrogen (secondary N) is 1. The highest BCUT2D eigenvalue weighted by Crippen LogP contribution is 2.32. The van der Waals surface area contributed by atoms with E-state index >= 15 is 0 Å². The number of nitrogens with zero attached hydrogens (tertiary/aromatic N) is 2. The first kappa shape index (κ1) is 13.4. The van der Waals surface area contributed by atoms with Gasteiger partial charge in [0.1, 0.15) is 0 Å². The van der Waals surface area contributed by atoms with Crippen LogP contribution in [0.1, 0.15) is 30.7 Å². The number of thiazole rings is 1. The van der Waals surface area contributed by atoms with Crippen LogP contribution in [0.3, 0.4) is 0 Å². The van der Waals surface area contributed by atoms with E-state index in [0.29, 0.717) is 6.04 Å². The minimum atomic E-state index is 0.592. The van der Waals surface area contributed by atoms with Crippen LogP contribution in [0.5, 0.6) is 0 Å². The lowest BCUT2D eigenvalue weighted by Crippen LogP contribution is -2.36. The van der Waals surface area contributed by atoms with E-state index < -0.39 is 0 Å². The van der Waals surface area contributed by atoms with Crippen molar-refractivity contribution in [1.29, 1.82) is 0 Å². The maximum Gasteiger partial charge on any atom is 0.182 e. The molecule has 106 valence electrons. The van der Waals surface area contributed by atoms with E-state index in [1.165, 1.54) is 29.0 Å². The molecular weight excluding hydrogens is 266 g/mol. The molecule has 1 N–H and O–H groups in total. The second-order valence-corrected chi connectivity index (χ2v) is 6.42. The summed E-state index contributed by atoms with van der Waals surface area (Å²) in [5.74, 6) is 0. The summed E-state index contributed by atoms with van der Waals surface area (Å²) in [6, 6.07) is 9.38.